The van der Waals surface area contributed by atoms with Gasteiger partial charge in [0.25, 0.3) is 5.91 Å². The van der Waals surface area contributed by atoms with E-state index in [1.165, 1.54) is 12.8 Å². The van der Waals surface area contributed by atoms with Gasteiger partial charge < -0.3 is 5.32 Å². The molecule has 3 rings (SSSR count). The first kappa shape index (κ1) is 12.9. The third kappa shape index (κ3) is 2.59. The standard InChI is InChI=1S/C16H19N3O/c1-12-5-4-6-13(11-12)16(20)18-15-9-10-17-19(15)14-7-2-3-8-14/h4-6,9-11,14H,2-3,7-8H2,1H3,(H,18,20). The molecule has 1 saturated carbocycles. The lowest BCUT2D eigenvalue weighted by molar-refractivity contribution is 0.102. The van der Waals surface area contributed by atoms with Gasteiger partial charge in [0.15, 0.2) is 0 Å². The van der Waals surface area contributed by atoms with Gasteiger partial charge in [0.1, 0.15) is 5.82 Å². The molecule has 0 bridgehead atoms. The van der Waals surface area contributed by atoms with Crippen LogP contribution >= 0.6 is 0 Å². The Morgan fingerprint density at radius 1 is 1.30 bits per heavy atom. The Balaban J connectivity index is 1.78. The van der Waals surface area contributed by atoms with E-state index in [2.05, 4.69) is 10.4 Å². The Kier molecular flexibility index (Phi) is 3.54. The minimum atomic E-state index is -0.0755. The highest BCUT2D eigenvalue weighted by Crippen LogP contribution is 2.31. The molecule has 1 amide bonds. The van der Waals surface area contributed by atoms with E-state index in [9.17, 15) is 4.79 Å². The summed E-state index contributed by atoms with van der Waals surface area (Å²) in [6.45, 7) is 1.99. The van der Waals surface area contributed by atoms with Gasteiger partial charge in [-0.05, 0) is 31.9 Å². The van der Waals surface area contributed by atoms with E-state index < -0.39 is 0 Å². The quantitative estimate of drug-likeness (QED) is 0.926. The van der Waals surface area contributed by atoms with Gasteiger partial charge in [-0.3, -0.25) is 4.79 Å². The highest BCUT2D eigenvalue weighted by Gasteiger charge is 2.20. The predicted molar refractivity (Wildman–Crippen MR) is 78.9 cm³/mol. The molecule has 1 N–H and O–H groups in total. The lowest BCUT2D eigenvalue weighted by Crippen LogP contribution is -2.17. The largest absolute Gasteiger partial charge is 0.307 e. The average Bonchev–Trinajstić information content (AvgIpc) is 3.08. The van der Waals surface area contributed by atoms with Crippen molar-refractivity contribution in [2.24, 2.45) is 0 Å². The van der Waals surface area contributed by atoms with Crippen molar-refractivity contribution in [2.75, 3.05) is 5.32 Å². The molecule has 20 heavy (non-hydrogen) atoms. The molecular formula is C16H19N3O. The van der Waals surface area contributed by atoms with Gasteiger partial charge in [-0.1, -0.05) is 30.5 Å². The molecule has 0 radical (unpaired) electrons. The second-order valence-electron chi connectivity index (χ2n) is 5.42. The molecule has 0 spiro atoms. The van der Waals surface area contributed by atoms with Crippen LogP contribution in [0.25, 0.3) is 0 Å². The summed E-state index contributed by atoms with van der Waals surface area (Å²) in [5, 5.41) is 7.34. The zero-order valence-corrected chi connectivity index (χ0v) is 11.7. The number of benzene rings is 1. The number of nitrogens with one attached hydrogen (secondary N) is 1. The Bertz CT molecular complexity index is 612. The highest BCUT2D eigenvalue weighted by molar-refractivity contribution is 6.03. The second kappa shape index (κ2) is 5.49. The van der Waals surface area contributed by atoms with Crippen molar-refractivity contribution in [1.29, 1.82) is 0 Å². The van der Waals surface area contributed by atoms with Crippen molar-refractivity contribution >= 4 is 11.7 Å². The van der Waals surface area contributed by atoms with E-state index in [0.29, 0.717) is 11.6 Å². The molecule has 2 aromatic rings. The maximum atomic E-state index is 12.3. The number of carbonyl (C=O) groups excluding carboxylic acids is 1. The van der Waals surface area contributed by atoms with Crippen LogP contribution in [0, 0.1) is 6.92 Å². The van der Waals surface area contributed by atoms with Gasteiger partial charge >= 0.3 is 0 Å². The van der Waals surface area contributed by atoms with E-state index in [0.717, 1.165) is 24.2 Å². The van der Waals surface area contributed by atoms with Crippen molar-refractivity contribution in [1.82, 2.24) is 9.78 Å². The van der Waals surface area contributed by atoms with Crippen LogP contribution in [-0.2, 0) is 0 Å². The van der Waals surface area contributed by atoms with Crippen LogP contribution < -0.4 is 5.32 Å². The number of hydrogen-bond acceptors (Lipinski definition) is 2. The fourth-order valence-electron chi connectivity index (χ4n) is 2.83. The molecule has 1 aliphatic carbocycles. The van der Waals surface area contributed by atoms with Crippen LogP contribution in [0.5, 0.6) is 0 Å². The molecule has 1 aromatic carbocycles. The molecule has 1 aliphatic rings. The monoisotopic (exact) mass is 269 g/mol. The summed E-state index contributed by atoms with van der Waals surface area (Å²) in [5.41, 5.74) is 1.77. The van der Waals surface area contributed by atoms with Crippen molar-refractivity contribution in [2.45, 2.75) is 38.6 Å². The first-order chi connectivity index (χ1) is 9.74. The van der Waals surface area contributed by atoms with Crippen LogP contribution in [0.2, 0.25) is 0 Å². The normalized spacial score (nSPS) is 15.4. The fourth-order valence-corrected chi connectivity index (χ4v) is 2.83. The van der Waals surface area contributed by atoms with Crippen molar-refractivity contribution < 1.29 is 4.79 Å². The summed E-state index contributed by atoms with van der Waals surface area (Å²) in [6.07, 6.45) is 6.54. The van der Waals surface area contributed by atoms with Gasteiger partial charge in [-0.2, -0.15) is 5.10 Å². The van der Waals surface area contributed by atoms with Crippen LogP contribution in [0.15, 0.2) is 36.5 Å². The fraction of sp³-hybridized carbons (Fsp3) is 0.375. The van der Waals surface area contributed by atoms with Crippen molar-refractivity contribution in [3.8, 4) is 0 Å². The van der Waals surface area contributed by atoms with Crippen LogP contribution in [-0.4, -0.2) is 15.7 Å². The molecule has 1 fully saturated rings. The topological polar surface area (TPSA) is 46.9 Å². The maximum absolute atomic E-state index is 12.3. The van der Waals surface area contributed by atoms with E-state index >= 15 is 0 Å². The average molecular weight is 269 g/mol. The first-order valence-corrected chi connectivity index (χ1v) is 7.15. The predicted octanol–water partition coefficient (Wildman–Crippen LogP) is 3.56. The van der Waals surface area contributed by atoms with Gasteiger partial charge in [0, 0.05) is 11.6 Å². The molecule has 4 heteroatoms. The summed E-state index contributed by atoms with van der Waals surface area (Å²) < 4.78 is 1.96. The smallest absolute Gasteiger partial charge is 0.256 e. The summed E-state index contributed by atoms with van der Waals surface area (Å²) >= 11 is 0. The minimum absolute atomic E-state index is 0.0755. The number of aromatic nitrogens is 2. The summed E-state index contributed by atoms with van der Waals surface area (Å²) in [5.74, 6) is 0.719. The number of nitrogens with zero attached hydrogens (tertiary/aromatic N) is 2. The van der Waals surface area contributed by atoms with Gasteiger partial charge in [0.05, 0.1) is 12.2 Å². The molecule has 0 aliphatic heterocycles. The zero-order chi connectivity index (χ0) is 13.9. The number of hydrogen-bond donors (Lipinski definition) is 1. The molecule has 1 heterocycles. The molecule has 0 saturated heterocycles. The van der Waals surface area contributed by atoms with E-state index in [1.54, 1.807) is 6.20 Å². The Labute approximate surface area is 118 Å². The highest BCUT2D eigenvalue weighted by atomic mass is 16.1. The summed E-state index contributed by atoms with van der Waals surface area (Å²) in [7, 11) is 0. The number of aryl methyl sites for hydroxylation is 1. The minimum Gasteiger partial charge on any atom is -0.307 e. The Morgan fingerprint density at radius 2 is 2.10 bits per heavy atom. The lowest BCUT2D eigenvalue weighted by Gasteiger charge is -2.14. The first-order valence-electron chi connectivity index (χ1n) is 7.15. The van der Waals surface area contributed by atoms with Crippen LogP contribution in [0.1, 0.15) is 47.6 Å². The Morgan fingerprint density at radius 3 is 2.85 bits per heavy atom. The van der Waals surface area contributed by atoms with Crippen molar-refractivity contribution in [3.05, 3.63) is 47.7 Å². The van der Waals surface area contributed by atoms with E-state index in [-0.39, 0.29) is 5.91 Å². The molecule has 0 unspecified atom stereocenters. The molecular weight excluding hydrogens is 250 g/mol. The molecule has 1 aromatic heterocycles. The number of anilines is 1. The van der Waals surface area contributed by atoms with Crippen LogP contribution in [0.3, 0.4) is 0 Å². The van der Waals surface area contributed by atoms with Crippen LogP contribution in [0.4, 0.5) is 5.82 Å². The van der Waals surface area contributed by atoms with E-state index in [1.807, 2.05) is 41.9 Å². The number of amides is 1. The number of rotatable bonds is 3. The zero-order valence-electron chi connectivity index (χ0n) is 11.7. The summed E-state index contributed by atoms with van der Waals surface area (Å²) in [6, 6.07) is 9.91. The van der Waals surface area contributed by atoms with Crippen molar-refractivity contribution in [3.63, 3.8) is 0 Å². The van der Waals surface area contributed by atoms with Gasteiger partial charge in [-0.25, -0.2) is 4.68 Å². The summed E-state index contributed by atoms with van der Waals surface area (Å²) in [4.78, 5) is 12.3. The molecule has 104 valence electrons. The Hall–Kier alpha value is -2.10. The third-order valence-corrected chi connectivity index (χ3v) is 3.86. The van der Waals surface area contributed by atoms with Gasteiger partial charge in [0.2, 0.25) is 0 Å². The second-order valence-corrected chi connectivity index (χ2v) is 5.42. The molecule has 4 nitrogen and oxygen atoms in total. The SMILES string of the molecule is Cc1cccc(C(=O)Nc2ccnn2C2CCCC2)c1. The molecule has 0 atom stereocenters. The lowest BCUT2D eigenvalue weighted by atomic mass is 10.1. The van der Waals surface area contributed by atoms with Gasteiger partial charge in [-0.15, -0.1) is 0 Å². The van der Waals surface area contributed by atoms with E-state index in [4.69, 9.17) is 0 Å². The third-order valence-electron chi connectivity index (χ3n) is 3.86. The maximum Gasteiger partial charge on any atom is 0.256 e. The number of carbonyl (C=O) groups is 1.